The quantitative estimate of drug-likeness (QED) is 0.663. The molecule has 0 radical (unpaired) electrons. The minimum Gasteiger partial charge on any atom is -0.328 e. The van der Waals surface area contributed by atoms with Crippen LogP contribution in [0.3, 0.4) is 0 Å². The van der Waals surface area contributed by atoms with E-state index in [1.165, 1.54) is 51.7 Å². The van der Waals surface area contributed by atoms with Crippen LogP contribution in [0, 0.1) is 5.92 Å². The SMILES string of the molecule is CCC1CCN(CCCCC(C)N)C1. The molecule has 1 aliphatic rings. The lowest BCUT2D eigenvalue weighted by atomic mass is 10.1. The van der Waals surface area contributed by atoms with Crippen molar-refractivity contribution in [2.75, 3.05) is 19.6 Å². The van der Waals surface area contributed by atoms with Crippen LogP contribution < -0.4 is 5.73 Å². The van der Waals surface area contributed by atoms with Crippen LogP contribution in [-0.2, 0) is 0 Å². The minimum absolute atomic E-state index is 0.386. The van der Waals surface area contributed by atoms with Gasteiger partial charge in [0.2, 0.25) is 0 Å². The number of likely N-dealkylation sites (tertiary alicyclic amines) is 1. The second kappa shape index (κ2) is 6.41. The largest absolute Gasteiger partial charge is 0.328 e. The van der Waals surface area contributed by atoms with Gasteiger partial charge in [-0.3, -0.25) is 0 Å². The lowest BCUT2D eigenvalue weighted by Crippen LogP contribution is -2.22. The molecular formula is C12H26N2. The van der Waals surface area contributed by atoms with E-state index in [1.807, 2.05) is 0 Å². The van der Waals surface area contributed by atoms with E-state index in [0.29, 0.717) is 6.04 Å². The highest BCUT2D eigenvalue weighted by atomic mass is 15.1. The van der Waals surface area contributed by atoms with Gasteiger partial charge in [0.15, 0.2) is 0 Å². The van der Waals surface area contributed by atoms with Gasteiger partial charge >= 0.3 is 0 Å². The molecule has 0 aromatic carbocycles. The summed E-state index contributed by atoms with van der Waals surface area (Å²) in [6.45, 7) is 8.38. The molecule has 1 aliphatic heterocycles. The molecule has 0 aromatic rings. The Bertz CT molecular complexity index is 145. The Morgan fingerprint density at radius 2 is 2.21 bits per heavy atom. The molecule has 2 atom stereocenters. The highest BCUT2D eigenvalue weighted by molar-refractivity contribution is 4.74. The highest BCUT2D eigenvalue weighted by Crippen LogP contribution is 2.19. The first kappa shape index (κ1) is 12.0. The van der Waals surface area contributed by atoms with Crippen molar-refractivity contribution in [3.63, 3.8) is 0 Å². The maximum absolute atomic E-state index is 5.72. The maximum atomic E-state index is 5.72. The molecule has 2 N–H and O–H groups in total. The molecule has 2 unspecified atom stereocenters. The van der Waals surface area contributed by atoms with Crippen LogP contribution in [0.5, 0.6) is 0 Å². The number of hydrogen-bond donors (Lipinski definition) is 1. The third kappa shape index (κ3) is 4.43. The molecular weight excluding hydrogens is 172 g/mol. The summed E-state index contributed by atoms with van der Waals surface area (Å²) in [6, 6.07) is 0.386. The Hall–Kier alpha value is -0.0800. The standard InChI is InChI=1S/C12H26N2/c1-3-12-7-9-14(10-12)8-5-4-6-11(2)13/h11-12H,3-10,13H2,1-2H3. The predicted octanol–water partition coefficient (Wildman–Crippen LogP) is 2.24. The van der Waals surface area contributed by atoms with Gasteiger partial charge in [0.05, 0.1) is 0 Å². The molecule has 2 nitrogen and oxygen atoms in total. The summed E-state index contributed by atoms with van der Waals surface area (Å²) in [5.41, 5.74) is 5.72. The summed E-state index contributed by atoms with van der Waals surface area (Å²) in [5, 5.41) is 0. The van der Waals surface area contributed by atoms with Crippen molar-refractivity contribution in [2.24, 2.45) is 11.7 Å². The van der Waals surface area contributed by atoms with Gasteiger partial charge in [-0.1, -0.05) is 19.8 Å². The lowest BCUT2D eigenvalue weighted by Gasteiger charge is -2.15. The first-order valence-corrected chi connectivity index (χ1v) is 6.20. The van der Waals surface area contributed by atoms with Gasteiger partial charge in [-0.05, 0) is 45.2 Å². The van der Waals surface area contributed by atoms with Crippen LogP contribution >= 0.6 is 0 Å². The van der Waals surface area contributed by atoms with Gasteiger partial charge in [0.25, 0.3) is 0 Å². The van der Waals surface area contributed by atoms with Gasteiger partial charge in [0.1, 0.15) is 0 Å². The zero-order valence-corrected chi connectivity index (χ0v) is 9.84. The van der Waals surface area contributed by atoms with Gasteiger partial charge in [-0.15, -0.1) is 0 Å². The van der Waals surface area contributed by atoms with Crippen molar-refractivity contribution in [2.45, 2.75) is 52.0 Å². The van der Waals surface area contributed by atoms with Crippen molar-refractivity contribution in [3.05, 3.63) is 0 Å². The van der Waals surface area contributed by atoms with Crippen molar-refractivity contribution >= 4 is 0 Å². The zero-order chi connectivity index (χ0) is 10.4. The third-order valence-corrected chi connectivity index (χ3v) is 3.33. The second-order valence-corrected chi connectivity index (χ2v) is 4.84. The topological polar surface area (TPSA) is 29.3 Å². The molecule has 1 saturated heterocycles. The Kier molecular flexibility index (Phi) is 5.49. The summed E-state index contributed by atoms with van der Waals surface area (Å²) in [6.07, 6.45) is 6.59. The van der Waals surface area contributed by atoms with E-state index in [0.717, 1.165) is 5.92 Å². The smallest absolute Gasteiger partial charge is 0.00104 e. The summed E-state index contributed by atoms with van der Waals surface area (Å²) < 4.78 is 0. The molecule has 1 rings (SSSR count). The van der Waals surface area contributed by atoms with E-state index >= 15 is 0 Å². The maximum Gasteiger partial charge on any atom is 0.00104 e. The molecule has 1 heterocycles. The number of nitrogens with two attached hydrogens (primary N) is 1. The number of nitrogens with zero attached hydrogens (tertiary/aromatic N) is 1. The van der Waals surface area contributed by atoms with E-state index in [2.05, 4.69) is 18.7 Å². The van der Waals surface area contributed by atoms with Crippen LogP contribution in [-0.4, -0.2) is 30.6 Å². The van der Waals surface area contributed by atoms with E-state index < -0.39 is 0 Å². The molecule has 0 saturated carbocycles. The first-order chi connectivity index (χ1) is 6.72. The highest BCUT2D eigenvalue weighted by Gasteiger charge is 2.19. The Morgan fingerprint density at radius 1 is 1.43 bits per heavy atom. The van der Waals surface area contributed by atoms with E-state index in [4.69, 9.17) is 5.73 Å². The van der Waals surface area contributed by atoms with E-state index in [9.17, 15) is 0 Å². The molecule has 0 aliphatic carbocycles. The molecule has 1 fully saturated rings. The number of unbranched alkanes of at least 4 members (excludes halogenated alkanes) is 1. The molecule has 0 bridgehead atoms. The minimum atomic E-state index is 0.386. The van der Waals surface area contributed by atoms with Crippen LogP contribution in [0.4, 0.5) is 0 Å². The fourth-order valence-electron chi connectivity index (χ4n) is 2.25. The summed E-state index contributed by atoms with van der Waals surface area (Å²) in [7, 11) is 0. The molecule has 0 amide bonds. The van der Waals surface area contributed by atoms with E-state index in [-0.39, 0.29) is 0 Å². The van der Waals surface area contributed by atoms with Crippen molar-refractivity contribution < 1.29 is 0 Å². The molecule has 14 heavy (non-hydrogen) atoms. The molecule has 0 aromatic heterocycles. The predicted molar refractivity (Wildman–Crippen MR) is 62.3 cm³/mol. The number of hydrogen-bond acceptors (Lipinski definition) is 2. The molecule has 84 valence electrons. The summed E-state index contributed by atoms with van der Waals surface area (Å²) in [4.78, 5) is 2.62. The van der Waals surface area contributed by atoms with Crippen LogP contribution in [0.2, 0.25) is 0 Å². The average molecular weight is 198 g/mol. The lowest BCUT2D eigenvalue weighted by molar-refractivity contribution is 0.312. The van der Waals surface area contributed by atoms with Gasteiger partial charge in [-0.2, -0.15) is 0 Å². The van der Waals surface area contributed by atoms with Crippen LogP contribution in [0.15, 0.2) is 0 Å². The fraction of sp³-hybridized carbons (Fsp3) is 1.00. The fourth-order valence-corrected chi connectivity index (χ4v) is 2.25. The Morgan fingerprint density at radius 3 is 2.79 bits per heavy atom. The van der Waals surface area contributed by atoms with Crippen LogP contribution in [0.25, 0.3) is 0 Å². The Balaban J connectivity index is 1.97. The van der Waals surface area contributed by atoms with Gasteiger partial charge < -0.3 is 10.6 Å². The van der Waals surface area contributed by atoms with Crippen molar-refractivity contribution in [1.29, 1.82) is 0 Å². The third-order valence-electron chi connectivity index (χ3n) is 3.33. The second-order valence-electron chi connectivity index (χ2n) is 4.84. The van der Waals surface area contributed by atoms with Gasteiger partial charge in [0, 0.05) is 12.6 Å². The van der Waals surface area contributed by atoms with Crippen molar-refractivity contribution in [1.82, 2.24) is 4.90 Å². The van der Waals surface area contributed by atoms with E-state index in [1.54, 1.807) is 0 Å². The zero-order valence-electron chi connectivity index (χ0n) is 9.84. The van der Waals surface area contributed by atoms with Crippen LogP contribution in [0.1, 0.15) is 46.0 Å². The van der Waals surface area contributed by atoms with Crippen molar-refractivity contribution in [3.8, 4) is 0 Å². The monoisotopic (exact) mass is 198 g/mol. The first-order valence-electron chi connectivity index (χ1n) is 6.20. The molecule has 0 spiro atoms. The molecule has 2 heteroatoms. The summed E-state index contributed by atoms with van der Waals surface area (Å²) in [5.74, 6) is 0.975. The number of rotatable bonds is 6. The summed E-state index contributed by atoms with van der Waals surface area (Å²) >= 11 is 0. The normalized spacial score (nSPS) is 25.5. The average Bonchev–Trinajstić information content (AvgIpc) is 2.60. The Labute approximate surface area is 88.8 Å². The van der Waals surface area contributed by atoms with Gasteiger partial charge in [-0.25, -0.2) is 0 Å².